The molecule has 0 aromatic heterocycles. The first-order valence-electron chi connectivity index (χ1n) is 7.35. The van der Waals surface area contributed by atoms with E-state index in [2.05, 4.69) is 42.4 Å². The molecule has 3 heteroatoms. The smallest absolute Gasteiger partial charge is 0.0456 e. The molecule has 0 fully saturated rings. The van der Waals surface area contributed by atoms with E-state index in [1.807, 2.05) is 0 Å². The van der Waals surface area contributed by atoms with E-state index in [0.29, 0.717) is 12.5 Å². The number of hydrogen-bond acceptors (Lipinski definition) is 3. The summed E-state index contributed by atoms with van der Waals surface area (Å²) in [7, 11) is 2.16. The van der Waals surface area contributed by atoms with E-state index in [-0.39, 0.29) is 0 Å². The Hall–Kier alpha value is -1.06. The second kappa shape index (κ2) is 6.92. The number of aliphatic hydroxyl groups excluding tert-OH is 1. The number of hydrogen-bond donors (Lipinski definition) is 2. The first kappa shape index (κ1) is 14.4. The van der Waals surface area contributed by atoms with E-state index in [0.717, 1.165) is 32.5 Å². The Labute approximate surface area is 116 Å². The van der Waals surface area contributed by atoms with Gasteiger partial charge in [0.25, 0.3) is 0 Å². The van der Waals surface area contributed by atoms with Crippen molar-refractivity contribution in [2.75, 3.05) is 31.6 Å². The van der Waals surface area contributed by atoms with Gasteiger partial charge in [-0.3, -0.25) is 0 Å². The lowest BCUT2D eigenvalue weighted by Crippen LogP contribution is -2.16. The van der Waals surface area contributed by atoms with E-state index in [1.165, 1.54) is 23.2 Å². The number of nitrogens with zero attached hydrogens (tertiary/aromatic N) is 1. The van der Waals surface area contributed by atoms with Gasteiger partial charge in [0, 0.05) is 32.4 Å². The number of fused-ring (bicyclic) bond motifs is 1. The summed E-state index contributed by atoms with van der Waals surface area (Å²) in [6.07, 6.45) is 3.40. The molecule has 1 aliphatic rings. The van der Waals surface area contributed by atoms with E-state index >= 15 is 0 Å². The van der Waals surface area contributed by atoms with Crippen LogP contribution in [0.15, 0.2) is 18.2 Å². The summed E-state index contributed by atoms with van der Waals surface area (Å²) in [6.45, 7) is 5.52. The standard InChI is InChI=1S/C16H26N2O/c1-13(12-19)4-3-8-17-11-14-5-6-16-15(10-14)7-9-18(16)2/h5-6,10,13,17,19H,3-4,7-9,11-12H2,1-2H3. The Morgan fingerprint density at radius 3 is 3.05 bits per heavy atom. The van der Waals surface area contributed by atoms with Crippen LogP contribution in [0.2, 0.25) is 0 Å². The SMILES string of the molecule is CC(CO)CCCNCc1ccc2c(c1)CCN2C. The van der Waals surface area contributed by atoms with Crippen molar-refractivity contribution in [3.8, 4) is 0 Å². The van der Waals surface area contributed by atoms with Gasteiger partial charge in [-0.25, -0.2) is 0 Å². The molecular weight excluding hydrogens is 236 g/mol. The van der Waals surface area contributed by atoms with Crippen molar-refractivity contribution in [2.24, 2.45) is 5.92 Å². The van der Waals surface area contributed by atoms with Crippen LogP contribution in [0.1, 0.15) is 30.9 Å². The van der Waals surface area contributed by atoms with Crippen LogP contribution < -0.4 is 10.2 Å². The lowest BCUT2D eigenvalue weighted by atomic mass is 10.1. The van der Waals surface area contributed by atoms with Crippen LogP contribution in [0.5, 0.6) is 0 Å². The molecule has 1 aliphatic heterocycles. The molecule has 1 aromatic carbocycles. The fraction of sp³-hybridized carbons (Fsp3) is 0.625. The molecule has 0 saturated heterocycles. The van der Waals surface area contributed by atoms with Crippen molar-refractivity contribution < 1.29 is 5.11 Å². The maximum absolute atomic E-state index is 8.96. The summed E-state index contributed by atoms with van der Waals surface area (Å²) < 4.78 is 0. The van der Waals surface area contributed by atoms with Gasteiger partial charge in [-0.05, 0) is 48.9 Å². The first-order valence-corrected chi connectivity index (χ1v) is 7.35. The summed E-state index contributed by atoms with van der Waals surface area (Å²) >= 11 is 0. The number of aliphatic hydroxyl groups is 1. The maximum atomic E-state index is 8.96. The maximum Gasteiger partial charge on any atom is 0.0456 e. The molecule has 0 bridgehead atoms. The van der Waals surface area contributed by atoms with E-state index in [4.69, 9.17) is 5.11 Å². The van der Waals surface area contributed by atoms with Crippen LogP contribution in [-0.2, 0) is 13.0 Å². The first-order chi connectivity index (χ1) is 9.20. The van der Waals surface area contributed by atoms with Crippen LogP contribution >= 0.6 is 0 Å². The molecule has 2 rings (SSSR count). The van der Waals surface area contributed by atoms with Crippen molar-refractivity contribution >= 4 is 5.69 Å². The van der Waals surface area contributed by atoms with Crippen molar-refractivity contribution in [3.05, 3.63) is 29.3 Å². The zero-order valence-electron chi connectivity index (χ0n) is 12.2. The fourth-order valence-electron chi connectivity index (χ4n) is 2.63. The molecular formula is C16H26N2O. The third-order valence-electron chi connectivity index (χ3n) is 3.96. The number of nitrogens with one attached hydrogen (secondary N) is 1. The third kappa shape index (κ3) is 3.95. The minimum Gasteiger partial charge on any atom is -0.396 e. The van der Waals surface area contributed by atoms with Gasteiger partial charge in [-0.1, -0.05) is 19.1 Å². The Bertz CT molecular complexity index is 406. The number of likely N-dealkylation sites (N-methyl/N-ethyl adjacent to an activating group) is 1. The largest absolute Gasteiger partial charge is 0.396 e. The Morgan fingerprint density at radius 1 is 1.42 bits per heavy atom. The predicted molar refractivity (Wildman–Crippen MR) is 80.6 cm³/mol. The molecule has 1 unspecified atom stereocenters. The highest BCUT2D eigenvalue weighted by atomic mass is 16.3. The lowest BCUT2D eigenvalue weighted by molar-refractivity contribution is 0.228. The zero-order chi connectivity index (χ0) is 13.7. The summed E-state index contributed by atoms with van der Waals surface area (Å²) in [5, 5.41) is 12.4. The third-order valence-corrected chi connectivity index (χ3v) is 3.96. The van der Waals surface area contributed by atoms with Crippen LogP contribution in [0, 0.1) is 5.92 Å². The van der Waals surface area contributed by atoms with Crippen molar-refractivity contribution in [1.82, 2.24) is 5.32 Å². The number of anilines is 1. The lowest BCUT2D eigenvalue weighted by Gasteiger charge is -2.12. The van der Waals surface area contributed by atoms with Gasteiger partial charge in [-0.2, -0.15) is 0 Å². The van der Waals surface area contributed by atoms with Crippen molar-refractivity contribution in [1.29, 1.82) is 0 Å². The Kier molecular flexibility index (Phi) is 5.23. The minimum absolute atomic E-state index is 0.304. The molecule has 0 radical (unpaired) electrons. The number of rotatable bonds is 7. The highest BCUT2D eigenvalue weighted by Crippen LogP contribution is 2.27. The highest BCUT2D eigenvalue weighted by Gasteiger charge is 2.15. The van der Waals surface area contributed by atoms with E-state index in [9.17, 15) is 0 Å². The van der Waals surface area contributed by atoms with Crippen LogP contribution in [0.25, 0.3) is 0 Å². The van der Waals surface area contributed by atoms with Gasteiger partial charge in [0.1, 0.15) is 0 Å². The van der Waals surface area contributed by atoms with Gasteiger partial charge in [0.15, 0.2) is 0 Å². The zero-order valence-corrected chi connectivity index (χ0v) is 12.2. The fourth-order valence-corrected chi connectivity index (χ4v) is 2.63. The predicted octanol–water partition coefficient (Wildman–Crippen LogP) is 2.18. The quantitative estimate of drug-likeness (QED) is 0.739. The van der Waals surface area contributed by atoms with Gasteiger partial charge in [0.2, 0.25) is 0 Å². The van der Waals surface area contributed by atoms with Gasteiger partial charge >= 0.3 is 0 Å². The Morgan fingerprint density at radius 2 is 2.26 bits per heavy atom. The summed E-state index contributed by atoms with van der Waals surface area (Å²) in [5.41, 5.74) is 4.25. The van der Waals surface area contributed by atoms with Gasteiger partial charge < -0.3 is 15.3 Å². The summed E-state index contributed by atoms with van der Waals surface area (Å²) in [6, 6.07) is 6.80. The average molecular weight is 262 g/mol. The van der Waals surface area contributed by atoms with Crippen LogP contribution in [0.4, 0.5) is 5.69 Å². The van der Waals surface area contributed by atoms with Gasteiger partial charge in [0.05, 0.1) is 0 Å². The normalized spacial score (nSPS) is 15.6. The summed E-state index contributed by atoms with van der Waals surface area (Å²) in [5.74, 6) is 0.428. The second-order valence-corrected chi connectivity index (χ2v) is 5.74. The van der Waals surface area contributed by atoms with E-state index in [1.54, 1.807) is 0 Å². The molecule has 1 atom stereocenters. The molecule has 0 aliphatic carbocycles. The minimum atomic E-state index is 0.304. The monoisotopic (exact) mass is 262 g/mol. The Balaban J connectivity index is 1.72. The van der Waals surface area contributed by atoms with E-state index < -0.39 is 0 Å². The molecule has 0 spiro atoms. The second-order valence-electron chi connectivity index (χ2n) is 5.74. The molecule has 3 nitrogen and oxygen atoms in total. The number of benzene rings is 1. The molecule has 106 valence electrons. The van der Waals surface area contributed by atoms with Crippen LogP contribution in [-0.4, -0.2) is 31.9 Å². The molecule has 1 heterocycles. The molecule has 1 aromatic rings. The van der Waals surface area contributed by atoms with Crippen molar-refractivity contribution in [2.45, 2.75) is 32.7 Å². The van der Waals surface area contributed by atoms with Gasteiger partial charge in [-0.15, -0.1) is 0 Å². The highest BCUT2D eigenvalue weighted by molar-refractivity contribution is 5.58. The molecule has 0 saturated carbocycles. The topological polar surface area (TPSA) is 35.5 Å². The van der Waals surface area contributed by atoms with Crippen LogP contribution in [0.3, 0.4) is 0 Å². The summed E-state index contributed by atoms with van der Waals surface area (Å²) in [4.78, 5) is 2.32. The van der Waals surface area contributed by atoms with Crippen molar-refractivity contribution in [3.63, 3.8) is 0 Å². The molecule has 0 amide bonds. The average Bonchev–Trinajstić information content (AvgIpc) is 2.79. The molecule has 2 N–H and O–H groups in total. The molecule has 19 heavy (non-hydrogen) atoms.